The molecule has 0 saturated carbocycles. The highest BCUT2D eigenvalue weighted by Gasteiger charge is 2.11. The number of amides is 1. The first-order valence-corrected chi connectivity index (χ1v) is 7.96. The van der Waals surface area contributed by atoms with E-state index in [-0.39, 0.29) is 11.9 Å². The lowest BCUT2D eigenvalue weighted by atomic mass is 10.1. The number of ether oxygens (including phenoxy) is 1. The van der Waals surface area contributed by atoms with Gasteiger partial charge >= 0.3 is 5.97 Å². The fraction of sp³-hybridized carbons (Fsp3) is 0.263. The van der Waals surface area contributed by atoms with E-state index in [1.807, 2.05) is 37.3 Å². The maximum atomic E-state index is 12.0. The molecule has 24 heavy (non-hydrogen) atoms. The van der Waals surface area contributed by atoms with Crippen LogP contribution in [0.15, 0.2) is 48.5 Å². The molecule has 0 aromatic heterocycles. The molecule has 0 heterocycles. The van der Waals surface area contributed by atoms with Crippen molar-refractivity contribution in [2.75, 3.05) is 23.8 Å². The molecular weight excluding hydrogens is 304 g/mol. The lowest BCUT2D eigenvalue weighted by Gasteiger charge is -2.11. The minimum absolute atomic E-state index is 0.0817. The molecule has 2 N–H and O–H groups in total. The first-order valence-electron chi connectivity index (χ1n) is 7.96. The fourth-order valence-corrected chi connectivity index (χ4v) is 2.28. The average Bonchev–Trinajstić information content (AvgIpc) is 2.55. The van der Waals surface area contributed by atoms with E-state index in [9.17, 15) is 9.59 Å². The molecule has 2 aromatic carbocycles. The Morgan fingerprint density at radius 2 is 1.88 bits per heavy atom. The molecule has 126 valence electrons. The standard InChI is InChI=1S/C19H22N2O3/c1-3-24-19(23)16-9-4-5-10-17(16)20-12-11-18(22)21-15-8-6-7-14(2)13-15/h4-10,13,20H,3,11-12H2,1-2H3,(H,21,22). The topological polar surface area (TPSA) is 67.4 Å². The van der Waals surface area contributed by atoms with E-state index in [1.165, 1.54) is 0 Å². The lowest BCUT2D eigenvalue weighted by molar-refractivity contribution is -0.115. The van der Waals surface area contributed by atoms with Gasteiger partial charge in [0.2, 0.25) is 5.91 Å². The number of hydrogen-bond acceptors (Lipinski definition) is 4. The van der Waals surface area contributed by atoms with E-state index in [0.717, 1.165) is 11.3 Å². The van der Waals surface area contributed by atoms with Crippen LogP contribution in [0.3, 0.4) is 0 Å². The Kier molecular flexibility index (Phi) is 6.37. The van der Waals surface area contributed by atoms with E-state index in [1.54, 1.807) is 25.1 Å². The van der Waals surface area contributed by atoms with E-state index in [4.69, 9.17) is 4.74 Å². The molecule has 0 spiro atoms. The Morgan fingerprint density at radius 3 is 2.62 bits per heavy atom. The zero-order valence-electron chi connectivity index (χ0n) is 14.0. The van der Waals surface area contributed by atoms with Crippen molar-refractivity contribution in [3.05, 3.63) is 59.7 Å². The summed E-state index contributed by atoms with van der Waals surface area (Å²) in [5, 5.41) is 5.98. The third kappa shape index (κ3) is 5.12. The van der Waals surface area contributed by atoms with Crippen LogP contribution >= 0.6 is 0 Å². The van der Waals surface area contributed by atoms with Crippen molar-refractivity contribution in [3.63, 3.8) is 0 Å². The third-order valence-electron chi connectivity index (χ3n) is 3.39. The zero-order chi connectivity index (χ0) is 17.4. The molecule has 0 aliphatic rings. The number of anilines is 2. The third-order valence-corrected chi connectivity index (χ3v) is 3.39. The van der Waals surface area contributed by atoms with E-state index >= 15 is 0 Å². The predicted octanol–water partition coefficient (Wildman–Crippen LogP) is 3.61. The van der Waals surface area contributed by atoms with Gasteiger partial charge in [0.25, 0.3) is 0 Å². The summed E-state index contributed by atoms with van der Waals surface area (Å²) in [5.74, 6) is -0.452. The minimum Gasteiger partial charge on any atom is -0.462 e. The van der Waals surface area contributed by atoms with Crippen molar-refractivity contribution in [3.8, 4) is 0 Å². The van der Waals surface area contributed by atoms with E-state index in [2.05, 4.69) is 10.6 Å². The van der Waals surface area contributed by atoms with Crippen LogP contribution in [0.25, 0.3) is 0 Å². The highest BCUT2D eigenvalue weighted by atomic mass is 16.5. The van der Waals surface area contributed by atoms with Crippen molar-refractivity contribution in [2.45, 2.75) is 20.3 Å². The number of para-hydroxylation sites is 1. The maximum absolute atomic E-state index is 12.0. The van der Waals surface area contributed by atoms with E-state index < -0.39 is 0 Å². The predicted molar refractivity (Wildman–Crippen MR) is 95.3 cm³/mol. The molecule has 0 aliphatic carbocycles. The normalized spacial score (nSPS) is 10.1. The van der Waals surface area contributed by atoms with Gasteiger partial charge in [-0.15, -0.1) is 0 Å². The Hall–Kier alpha value is -2.82. The average molecular weight is 326 g/mol. The number of benzene rings is 2. The fourth-order valence-electron chi connectivity index (χ4n) is 2.28. The Labute approximate surface area is 142 Å². The second-order valence-electron chi connectivity index (χ2n) is 5.36. The van der Waals surface area contributed by atoms with Gasteiger partial charge in [-0.2, -0.15) is 0 Å². The molecule has 1 amide bonds. The molecule has 0 fully saturated rings. The van der Waals surface area contributed by atoms with E-state index in [0.29, 0.717) is 30.8 Å². The van der Waals surface area contributed by atoms with Crippen LogP contribution < -0.4 is 10.6 Å². The second kappa shape index (κ2) is 8.72. The molecule has 0 unspecified atom stereocenters. The number of nitrogens with one attached hydrogen (secondary N) is 2. The summed E-state index contributed by atoms with van der Waals surface area (Å²) in [6.07, 6.45) is 0.297. The number of aryl methyl sites for hydroxylation is 1. The van der Waals surface area contributed by atoms with Crippen LogP contribution in [0.4, 0.5) is 11.4 Å². The molecule has 0 aliphatic heterocycles. The first-order chi connectivity index (χ1) is 11.6. The first kappa shape index (κ1) is 17.5. The molecule has 0 bridgehead atoms. The Balaban J connectivity index is 1.88. The van der Waals surface area contributed by atoms with Crippen molar-refractivity contribution < 1.29 is 14.3 Å². The van der Waals surface area contributed by atoms with Crippen molar-refractivity contribution in [1.82, 2.24) is 0 Å². The van der Waals surface area contributed by atoms with Gasteiger partial charge in [-0.05, 0) is 43.7 Å². The Morgan fingerprint density at radius 1 is 1.08 bits per heavy atom. The van der Waals surface area contributed by atoms with Gasteiger partial charge in [0.15, 0.2) is 0 Å². The summed E-state index contributed by atoms with van der Waals surface area (Å²) >= 11 is 0. The summed E-state index contributed by atoms with van der Waals surface area (Å²) < 4.78 is 5.03. The molecule has 2 aromatic rings. The molecule has 0 radical (unpaired) electrons. The summed E-state index contributed by atoms with van der Waals surface area (Å²) in [7, 11) is 0. The summed E-state index contributed by atoms with van der Waals surface area (Å²) in [4.78, 5) is 23.9. The van der Waals surface area contributed by atoms with Gasteiger partial charge in [0, 0.05) is 24.3 Å². The summed E-state index contributed by atoms with van der Waals surface area (Å²) in [6.45, 7) is 4.49. The van der Waals surface area contributed by atoms with Gasteiger partial charge < -0.3 is 15.4 Å². The molecule has 0 saturated heterocycles. The number of carbonyl (C=O) groups excluding carboxylic acids is 2. The van der Waals surface area contributed by atoms with Crippen LogP contribution in [0.2, 0.25) is 0 Å². The van der Waals surface area contributed by atoms with Crippen molar-refractivity contribution in [1.29, 1.82) is 0 Å². The number of esters is 1. The molecule has 5 nitrogen and oxygen atoms in total. The summed E-state index contributed by atoms with van der Waals surface area (Å²) in [5.41, 5.74) is 3.01. The van der Waals surface area contributed by atoms with Crippen LogP contribution in [-0.4, -0.2) is 25.0 Å². The van der Waals surface area contributed by atoms with Crippen molar-refractivity contribution >= 4 is 23.3 Å². The monoisotopic (exact) mass is 326 g/mol. The van der Waals surface area contributed by atoms with Gasteiger partial charge in [-0.1, -0.05) is 24.3 Å². The smallest absolute Gasteiger partial charge is 0.340 e. The summed E-state index contributed by atoms with van der Waals surface area (Å²) in [6, 6.07) is 14.8. The lowest BCUT2D eigenvalue weighted by Crippen LogP contribution is -2.17. The van der Waals surface area contributed by atoms with Gasteiger partial charge in [0.05, 0.1) is 12.2 Å². The van der Waals surface area contributed by atoms with Crippen LogP contribution in [0.5, 0.6) is 0 Å². The molecule has 5 heteroatoms. The number of carbonyl (C=O) groups is 2. The van der Waals surface area contributed by atoms with Gasteiger partial charge in [0.1, 0.15) is 0 Å². The second-order valence-corrected chi connectivity index (χ2v) is 5.36. The minimum atomic E-state index is -0.371. The van der Waals surface area contributed by atoms with Crippen LogP contribution in [-0.2, 0) is 9.53 Å². The van der Waals surface area contributed by atoms with Crippen molar-refractivity contribution in [2.24, 2.45) is 0 Å². The van der Waals surface area contributed by atoms with Gasteiger partial charge in [-0.25, -0.2) is 4.79 Å². The zero-order valence-corrected chi connectivity index (χ0v) is 14.0. The van der Waals surface area contributed by atoms with Crippen LogP contribution in [0.1, 0.15) is 29.3 Å². The highest BCUT2D eigenvalue weighted by Crippen LogP contribution is 2.16. The SMILES string of the molecule is CCOC(=O)c1ccccc1NCCC(=O)Nc1cccc(C)c1. The highest BCUT2D eigenvalue weighted by molar-refractivity contribution is 5.96. The van der Waals surface area contributed by atoms with Crippen LogP contribution in [0, 0.1) is 6.92 Å². The molecule has 0 atom stereocenters. The number of rotatable bonds is 7. The number of hydrogen-bond donors (Lipinski definition) is 2. The Bertz CT molecular complexity index is 713. The largest absolute Gasteiger partial charge is 0.462 e. The molecular formula is C19H22N2O3. The molecule has 2 rings (SSSR count). The maximum Gasteiger partial charge on any atom is 0.340 e. The quantitative estimate of drug-likeness (QED) is 0.763. The van der Waals surface area contributed by atoms with Gasteiger partial charge in [-0.3, -0.25) is 4.79 Å².